The molecular weight excluding hydrogens is 272 g/mol. The lowest BCUT2D eigenvalue weighted by Crippen LogP contribution is -2.35. The van der Waals surface area contributed by atoms with Crippen LogP contribution in [-0.4, -0.2) is 30.8 Å². The van der Waals surface area contributed by atoms with Gasteiger partial charge < -0.3 is 20.5 Å². The Morgan fingerprint density at radius 1 is 1.29 bits per heavy atom. The van der Waals surface area contributed by atoms with Crippen LogP contribution < -0.4 is 15.4 Å². The monoisotopic (exact) mass is 294 g/mol. The van der Waals surface area contributed by atoms with Gasteiger partial charge in [0.15, 0.2) is 0 Å². The third-order valence-corrected chi connectivity index (χ3v) is 3.11. The largest absolute Gasteiger partial charge is 0.497 e. The summed E-state index contributed by atoms with van der Waals surface area (Å²) < 4.78 is 5.02. The van der Waals surface area contributed by atoms with Crippen molar-refractivity contribution in [1.29, 1.82) is 0 Å². The third kappa shape index (κ3) is 6.16. The predicted molar refractivity (Wildman–Crippen MR) is 80.7 cm³/mol. The van der Waals surface area contributed by atoms with Gasteiger partial charge in [-0.2, -0.15) is 0 Å². The summed E-state index contributed by atoms with van der Waals surface area (Å²) in [4.78, 5) is 22.8. The van der Waals surface area contributed by atoms with Crippen LogP contribution in [-0.2, 0) is 4.79 Å². The number of urea groups is 1. The lowest BCUT2D eigenvalue weighted by atomic mass is 10.0. The molecule has 6 heteroatoms. The van der Waals surface area contributed by atoms with E-state index in [0.717, 1.165) is 12.8 Å². The standard InChI is InChI=1S/C15H22N2O4/c1-3-4-5-11(14(18)19)10-16-15(20)17-12-6-8-13(21-2)9-7-12/h6-9,11H,3-5,10H2,1-2H3,(H,18,19)(H2,16,17,20). The number of methoxy groups -OCH3 is 1. The van der Waals surface area contributed by atoms with Crippen LogP contribution in [0.25, 0.3) is 0 Å². The summed E-state index contributed by atoms with van der Waals surface area (Å²) in [5.74, 6) is -0.730. The Kier molecular flexibility index (Phi) is 7.08. The van der Waals surface area contributed by atoms with Crippen molar-refractivity contribution in [3.05, 3.63) is 24.3 Å². The fourth-order valence-corrected chi connectivity index (χ4v) is 1.83. The number of carbonyl (C=O) groups is 2. The Bertz CT molecular complexity index is 459. The molecule has 0 bridgehead atoms. The molecule has 3 N–H and O–H groups in total. The van der Waals surface area contributed by atoms with Crippen molar-refractivity contribution in [2.45, 2.75) is 26.2 Å². The second-order valence-electron chi connectivity index (χ2n) is 4.74. The van der Waals surface area contributed by atoms with Gasteiger partial charge in [-0.05, 0) is 30.7 Å². The molecule has 0 aliphatic rings. The number of unbranched alkanes of at least 4 members (excludes halogenated alkanes) is 1. The highest BCUT2D eigenvalue weighted by Crippen LogP contribution is 2.14. The molecule has 6 nitrogen and oxygen atoms in total. The summed E-state index contributed by atoms with van der Waals surface area (Å²) in [5, 5.41) is 14.3. The van der Waals surface area contributed by atoms with Gasteiger partial charge in [0.2, 0.25) is 0 Å². The number of anilines is 1. The molecule has 0 aliphatic heterocycles. The number of benzene rings is 1. The Morgan fingerprint density at radius 2 is 1.95 bits per heavy atom. The molecule has 21 heavy (non-hydrogen) atoms. The average Bonchev–Trinajstić information content (AvgIpc) is 2.47. The number of amides is 2. The first-order valence-corrected chi connectivity index (χ1v) is 6.98. The fourth-order valence-electron chi connectivity index (χ4n) is 1.83. The normalized spacial score (nSPS) is 11.5. The molecule has 1 aromatic carbocycles. The SMILES string of the molecule is CCCCC(CNC(=O)Nc1ccc(OC)cc1)C(=O)O. The number of carbonyl (C=O) groups excluding carboxylic acids is 1. The molecule has 0 aliphatic carbocycles. The van der Waals surface area contributed by atoms with Gasteiger partial charge in [0.05, 0.1) is 13.0 Å². The number of nitrogens with one attached hydrogen (secondary N) is 2. The highest BCUT2D eigenvalue weighted by atomic mass is 16.5. The van der Waals surface area contributed by atoms with Gasteiger partial charge in [-0.15, -0.1) is 0 Å². The number of hydrogen-bond donors (Lipinski definition) is 3. The van der Waals surface area contributed by atoms with Gasteiger partial charge in [0, 0.05) is 12.2 Å². The van der Waals surface area contributed by atoms with Gasteiger partial charge in [0.25, 0.3) is 0 Å². The van der Waals surface area contributed by atoms with Crippen molar-refractivity contribution < 1.29 is 19.4 Å². The molecule has 1 aromatic rings. The van der Waals surface area contributed by atoms with E-state index in [0.29, 0.717) is 17.9 Å². The second kappa shape index (κ2) is 8.84. The first-order chi connectivity index (χ1) is 10.1. The highest BCUT2D eigenvalue weighted by molar-refractivity contribution is 5.89. The zero-order valence-electron chi connectivity index (χ0n) is 12.4. The topological polar surface area (TPSA) is 87.7 Å². The summed E-state index contributed by atoms with van der Waals surface area (Å²) in [6.45, 7) is 2.13. The molecule has 0 saturated heterocycles. The minimum Gasteiger partial charge on any atom is -0.497 e. The average molecular weight is 294 g/mol. The number of hydrogen-bond acceptors (Lipinski definition) is 3. The van der Waals surface area contributed by atoms with E-state index in [4.69, 9.17) is 9.84 Å². The minimum absolute atomic E-state index is 0.122. The van der Waals surface area contributed by atoms with Crippen LogP contribution >= 0.6 is 0 Å². The van der Waals surface area contributed by atoms with Crippen molar-refractivity contribution in [1.82, 2.24) is 5.32 Å². The van der Waals surface area contributed by atoms with Crippen molar-refractivity contribution in [2.75, 3.05) is 19.0 Å². The highest BCUT2D eigenvalue weighted by Gasteiger charge is 2.17. The van der Waals surface area contributed by atoms with E-state index in [1.807, 2.05) is 6.92 Å². The number of aliphatic carboxylic acids is 1. The van der Waals surface area contributed by atoms with Gasteiger partial charge in [-0.25, -0.2) is 4.79 Å². The first-order valence-electron chi connectivity index (χ1n) is 6.98. The Labute approximate surface area is 124 Å². The second-order valence-corrected chi connectivity index (χ2v) is 4.74. The zero-order chi connectivity index (χ0) is 15.7. The van der Waals surface area contributed by atoms with Crippen LogP contribution in [0.5, 0.6) is 5.75 Å². The maximum absolute atomic E-state index is 11.7. The molecule has 0 fully saturated rings. The molecule has 1 rings (SSSR count). The number of rotatable bonds is 8. The number of ether oxygens (including phenoxy) is 1. The Hall–Kier alpha value is -2.24. The third-order valence-electron chi connectivity index (χ3n) is 3.11. The van der Waals surface area contributed by atoms with Crippen LogP contribution in [0.2, 0.25) is 0 Å². The molecule has 116 valence electrons. The number of carboxylic acid groups (broad SMARTS) is 1. The van der Waals surface area contributed by atoms with Gasteiger partial charge in [0.1, 0.15) is 5.75 Å². The summed E-state index contributed by atoms with van der Waals surface area (Å²) in [7, 11) is 1.57. The van der Waals surface area contributed by atoms with Crippen molar-refractivity contribution in [3.8, 4) is 5.75 Å². The van der Waals surface area contributed by atoms with E-state index in [1.54, 1.807) is 31.4 Å². The van der Waals surface area contributed by atoms with Gasteiger partial charge in [-0.1, -0.05) is 19.8 Å². The maximum atomic E-state index is 11.7. The summed E-state index contributed by atoms with van der Waals surface area (Å²) in [5.41, 5.74) is 0.619. The fraction of sp³-hybridized carbons (Fsp3) is 0.467. The van der Waals surface area contributed by atoms with Crippen molar-refractivity contribution in [2.24, 2.45) is 5.92 Å². The van der Waals surface area contributed by atoms with Crippen molar-refractivity contribution >= 4 is 17.7 Å². The van der Waals surface area contributed by atoms with Crippen molar-refractivity contribution in [3.63, 3.8) is 0 Å². The van der Waals surface area contributed by atoms with Crippen LogP contribution in [0, 0.1) is 5.92 Å². The number of carboxylic acids is 1. The summed E-state index contributed by atoms with van der Waals surface area (Å²) in [6, 6.07) is 6.48. The predicted octanol–water partition coefficient (Wildman–Crippen LogP) is 2.71. The molecule has 0 heterocycles. The zero-order valence-corrected chi connectivity index (χ0v) is 12.4. The first kappa shape index (κ1) is 16.8. The van der Waals surface area contributed by atoms with E-state index >= 15 is 0 Å². The van der Waals surface area contributed by atoms with Crippen LogP contribution in [0.4, 0.5) is 10.5 Å². The molecule has 1 atom stereocenters. The molecule has 1 unspecified atom stereocenters. The quantitative estimate of drug-likeness (QED) is 0.688. The minimum atomic E-state index is -0.881. The Balaban J connectivity index is 2.42. The molecule has 0 aromatic heterocycles. The van der Waals surface area contributed by atoms with E-state index in [2.05, 4.69) is 10.6 Å². The molecule has 0 spiro atoms. The molecule has 0 radical (unpaired) electrons. The molecule has 0 saturated carbocycles. The van der Waals surface area contributed by atoms with Crippen LogP contribution in [0.3, 0.4) is 0 Å². The van der Waals surface area contributed by atoms with Gasteiger partial charge in [-0.3, -0.25) is 4.79 Å². The van der Waals surface area contributed by atoms with Crippen LogP contribution in [0.15, 0.2) is 24.3 Å². The Morgan fingerprint density at radius 3 is 2.48 bits per heavy atom. The van der Waals surface area contributed by atoms with Crippen LogP contribution in [0.1, 0.15) is 26.2 Å². The van der Waals surface area contributed by atoms with E-state index in [-0.39, 0.29) is 6.54 Å². The summed E-state index contributed by atoms with van der Waals surface area (Å²) >= 11 is 0. The lowest BCUT2D eigenvalue weighted by Gasteiger charge is -2.13. The maximum Gasteiger partial charge on any atom is 0.319 e. The molecule has 2 amide bonds. The van der Waals surface area contributed by atoms with E-state index < -0.39 is 17.9 Å². The van der Waals surface area contributed by atoms with Gasteiger partial charge >= 0.3 is 12.0 Å². The van der Waals surface area contributed by atoms with E-state index in [9.17, 15) is 9.59 Å². The summed E-state index contributed by atoms with van der Waals surface area (Å²) in [6.07, 6.45) is 2.33. The molecular formula is C15H22N2O4. The smallest absolute Gasteiger partial charge is 0.319 e. The lowest BCUT2D eigenvalue weighted by molar-refractivity contribution is -0.141. The van der Waals surface area contributed by atoms with E-state index in [1.165, 1.54) is 0 Å².